The van der Waals surface area contributed by atoms with Crippen LogP contribution in [0.4, 0.5) is 4.39 Å². The van der Waals surface area contributed by atoms with Gasteiger partial charge in [0, 0.05) is 31.2 Å². The van der Waals surface area contributed by atoms with E-state index in [1.165, 1.54) is 6.07 Å². The van der Waals surface area contributed by atoms with Crippen LogP contribution in [0.3, 0.4) is 0 Å². The molecule has 1 aromatic rings. The maximum absolute atomic E-state index is 14.4. The third-order valence-electron chi connectivity index (χ3n) is 5.01. The predicted octanol–water partition coefficient (Wildman–Crippen LogP) is 2.16. The van der Waals surface area contributed by atoms with Crippen LogP contribution in [0.15, 0.2) is 24.3 Å². The number of carbonyl (C=O) groups is 1. The Hall–Kier alpha value is -0.920. The van der Waals surface area contributed by atoms with E-state index >= 15 is 0 Å². The average Bonchev–Trinajstić information content (AvgIpc) is 2.60. The predicted molar refractivity (Wildman–Crippen MR) is 105 cm³/mol. The highest BCUT2D eigenvalue weighted by Gasteiger charge is 2.33. The first kappa shape index (κ1) is 23.1. The zero-order valence-electron chi connectivity index (χ0n) is 14.9. The highest BCUT2D eigenvalue weighted by Crippen LogP contribution is 2.25. The molecular weight excluding hydrogens is 380 g/mol. The highest BCUT2D eigenvalue weighted by atomic mass is 35.5. The Morgan fingerprint density at radius 2 is 2.00 bits per heavy atom. The molecular formula is C18H28Cl2FN3O2. The molecule has 8 heteroatoms. The third kappa shape index (κ3) is 5.54. The SMILES string of the molecule is CC1CCNCC1NC(=O)C(c1ccccc1F)N1CCOCC1.Cl.Cl. The summed E-state index contributed by atoms with van der Waals surface area (Å²) in [5.74, 6) is -0.0392. The van der Waals surface area contributed by atoms with Crippen molar-refractivity contribution in [3.63, 3.8) is 0 Å². The zero-order chi connectivity index (χ0) is 16.9. The summed E-state index contributed by atoms with van der Waals surface area (Å²) in [6.07, 6.45) is 1.03. The van der Waals surface area contributed by atoms with Crippen LogP contribution in [0.5, 0.6) is 0 Å². The van der Waals surface area contributed by atoms with Crippen molar-refractivity contribution >= 4 is 30.7 Å². The summed E-state index contributed by atoms with van der Waals surface area (Å²) in [6.45, 7) is 6.29. The van der Waals surface area contributed by atoms with Crippen molar-refractivity contribution in [2.75, 3.05) is 39.4 Å². The van der Waals surface area contributed by atoms with E-state index in [1.54, 1.807) is 18.2 Å². The van der Waals surface area contributed by atoms with Crippen LogP contribution in [0, 0.1) is 11.7 Å². The van der Waals surface area contributed by atoms with Gasteiger partial charge in [0.25, 0.3) is 0 Å². The van der Waals surface area contributed by atoms with Gasteiger partial charge in [0.05, 0.1) is 13.2 Å². The fourth-order valence-electron chi connectivity index (χ4n) is 3.48. The molecule has 0 bridgehead atoms. The molecule has 0 radical (unpaired) electrons. The first-order valence-electron chi connectivity index (χ1n) is 8.74. The molecule has 1 aromatic carbocycles. The number of nitrogens with zero attached hydrogens (tertiary/aromatic N) is 1. The van der Waals surface area contributed by atoms with Crippen molar-refractivity contribution in [1.29, 1.82) is 0 Å². The van der Waals surface area contributed by atoms with Gasteiger partial charge in [-0.25, -0.2) is 4.39 Å². The molecule has 3 atom stereocenters. The molecule has 2 N–H and O–H groups in total. The van der Waals surface area contributed by atoms with E-state index in [2.05, 4.69) is 17.6 Å². The molecule has 3 unspecified atom stereocenters. The Bertz CT molecular complexity index is 573. The van der Waals surface area contributed by atoms with Crippen molar-refractivity contribution in [3.8, 4) is 0 Å². The van der Waals surface area contributed by atoms with Crippen molar-refractivity contribution in [1.82, 2.24) is 15.5 Å². The number of rotatable bonds is 4. The van der Waals surface area contributed by atoms with Crippen LogP contribution in [-0.4, -0.2) is 56.2 Å². The molecule has 2 saturated heterocycles. The highest BCUT2D eigenvalue weighted by molar-refractivity contribution is 5.85. The van der Waals surface area contributed by atoms with E-state index in [-0.39, 0.29) is 42.6 Å². The number of halogens is 3. The fourth-order valence-corrected chi connectivity index (χ4v) is 3.48. The molecule has 3 rings (SSSR count). The van der Waals surface area contributed by atoms with Gasteiger partial charge >= 0.3 is 0 Å². The molecule has 0 aromatic heterocycles. The van der Waals surface area contributed by atoms with Crippen molar-refractivity contribution in [2.24, 2.45) is 5.92 Å². The lowest BCUT2D eigenvalue weighted by Crippen LogP contribution is -2.54. The van der Waals surface area contributed by atoms with Crippen molar-refractivity contribution < 1.29 is 13.9 Å². The maximum atomic E-state index is 14.4. The lowest BCUT2D eigenvalue weighted by molar-refractivity contribution is -0.129. The van der Waals surface area contributed by atoms with Gasteiger partial charge < -0.3 is 15.4 Å². The topological polar surface area (TPSA) is 53.6 Å². The quantitative estimate of drug-likeness (QED) is 0.802. The molecule has 5 nitrogen and oxygen atoms in total. The molecule has 2 fully saturated rings. The summed E-state index contributed by atoms with van der Waals surface area (Å²) in [5, 5.41) is 6.46. The number of piperidine rings is 1. The lowest BCUT2D eigenvalue weighted by atomic mass is 9.94. The van der Waals surface area contributed by atoms with Gasteiger partial charge in [-0.05, 0) is 24.9 Å². The van der Waals surface area contributed by atoms with Gasteiger partial charge in [0.15, 0.2) is 0 Å². The molecule has 0 aliphatic carbocycles. The first-order valence-corrected chi connectivity index (χ1v) is 8.74. The Kier molecular flexibility index (Phi) is 9.82. The fraction of sp³-hybridized carbons (Fsp3) is 0.611. The molecule has 0 spiro atoms. The minimum atomic E-state index is -0.607. The summed E-state index contributed by atoms with van der Waals surface area (Å²) < 4.78 is 19.7. The molecule has 2 aliphatic rings. The molecule has 26 heavy (non-hydrogen) atoms. The van der Waals surface area contributed by atoms with Crippen LogP contribution in [0.2, 0.25) is 0 Å². The van der Waals surface area contributed by atoms with Gasteiger partial charge in [-0.2, -0.15) is 0 Å². The minimum Gasteiger partial charge on any atom is -0.379 e. The molecule has 1 amide bonds. The van der Waals surface area contributed by atoms with Crippen molar-refractivity contribution in [3.05, 3.63) is 35.6 Å². The largest absolute Gasteiger partial charge is 0.379 e. The van der Waals surface area contributed by atoms with E-state index in [1.807, 2.05) is 4.90 Å². The average molecular weight is 408 g/mol. The summed E-state index contributed by atoms with van der Waals surface area (Å²) in [7, 11) is 0. The smallest absolute Gasteiger partial charge is 0.242 e. The van der Waals surface area contributed by atoms with Gasteiger partial charge in [-0.3, -0.25) is 9.69 Å². The van der Waals surface area contributed by atoms with Gasteiger partial charge in [0.1, 0.15) is 11.9 Å². The van der Waals surface area contributed by atoms with Gasteiger partial charge in [-0.15, -0.1) is 24.8 Å². The lowest BCUT2D eigenvalue weighted by Gasteiger charge is -2.36. The van der Waals surface area contributed by atoms with Crippen LogP contribution >= 0.6 is 24.8 Å². The summed E-state index contributed by atoms with van der Waals surface area (Å²) in [6, 6.07) is 6.04. The molecule has 2 heterocycles. The second-order valence-electron chi connectivity index (χ2n) is 6.66. The van der Waals surface area contributed by atoms with Crippen LogP contribution in [0.1, 0.15) is 24.9 Å². The number of benzene rings is 1. The van der Waals surface area contributed by atoms with Crippen molar-refractivity contribution in [2.45, 2.75) is 25.4 Å². The summed E-state index contributed by atoms with van der Waals surface area (Å²) >= 11 is 0. The maximum Gasteiger partial charge on any atom is 0.242 e. The van der Waals surface area contributed by atoms with E-state index in [0.29, 0.717) is 37.8 Å². The molecule has 148 valence electrons. The second-order valence-corrected chi connectivity index (χ2v) is 6.66. The van der Waals surface area contributed by atoms with E-state index < -0.39 is 6.04 Å². The number of morpholine rings is 1. The standard InChI is InChI=1S/C18H26FN3O2.2ClH/c1-13-6-7-20-12-16(13)21-18(23)17(22-8-10-24-11-9-22)14-4-2-3-5-15(14)19;;/h2-5,13,16-17,20H,6-12H2,1H3,(H,21,23);2*1H. The van der Waals surface area contributed by atoms with Gasteiger partial charge in [-0.1, -0.05) is 25.1 Å². The monoisotopic (exact) mass is 407 g/mol. The Balaban J connectivity index is 0.00000169. The number of carbonyl (C=O) groups excluding carboxylic acids is 1. The Labute approximate surface area is 166 Å². The van der Waals surface area contributed by atoms with E-state index in [4.69, 9.17) is 4.74 Å². The number of hydrogen-bond acceptors (Lipinski definition) is 4. The normalized spacial score (nSPS) is 24.7. The Morgan fingerprint density at radius 1 is 1.31 bits per heavy atom. The third-order valence-corrected chi connectivity index (χ3v) is 5.01. The second kappa shape index (κ2) is 11.0. The van der Waals surface area contributed by atoms with Crippen LogP contribution in [-0.2, 0) is 9.53 Å². The number of nitrogens with one attached hydrogen (secondary N) is 2. The number of amides is 1. The molecule has 0 saturated carbocycles. The minimum absolute atomic E-state index is 0. The zero-order valence-corrected chi connectivity index (χ0v) is 16.6. The van der Waals surface area contributed by atoms with E-state index in [9.17, 15) is 9.18 Å². The van der Waals surface area contributed by atoms with Crippen LogP contribution < -0.4 is 10.6 Å². The number of ether oxygens (including phenoxy) is 1. The molecule has 2 aliphatic heterocycles. The first-order chi connectivity index (χ1) is 11.7. The summed E-state index contributed by atoms with van der Waals surface area (Å²) in [4.78, 5) is 15.0. The summed E-state index contributed by atoms with van der Waals surface area (Å²) in [5.41, 5.74) is 0.438. The van der Waals surface area contributed by atoms with Crippen LogP contribution in [0.25, 0.3) is 0 Å². The number of hydrogen-bond donors (Lipinski definition) is 2. The Morgan fingerprint density at radius 3 is 2.65 bits per heavy atom. The van der Waals surface area contributed by atoms with E-state index in [0.717, 1.165) is 19.5 Å². The van der Waals surface area contributed by atoms with Gasteiger partial charge in [0.2, 0.25) is 5.91 Å².